The maximum absolute atomic E-state index is 11.9. The van der Waals surface area contributed by atoms with Crippen LogP contribution in [0.4, 0.5) is 11.4 Å². The fourth-order valence-corrected chi connectivity index (χ4v) is 2.05. The minimum absolute atomic E-state index is 0.180. The van der Waals surface area contributed by atoms with Crippen molar-refractivity contribution in [2.75, 3.05) is 10.6 Å². The molecule has 0 fully saturated rings. The van der Waals surface area contributed by atoms with Gasteiger partial charge in [0.15, 0.2) is 10.4 Å². The van der Waals surface area contributed by atoms with Crippen LogP contribution in [0.2, 0.25) is 5.02 Å². The summed E-state index contributed by atoms with van der Waals surface area (Å²) < 4.78 is 5.61. The molecule has 1 heterocycles. The van der Waals surface area contributed by atoms with Crippen molar-refractivity contribution in [3.8, 4) is 0 Å². The van der Waals surface area contributed by atoms with E-state index >= 15 is 0 Å². The van der Waals surface area contributed by atoms with Gasteiger partial charge in [0.05, 0.1) is 10.7 Å². The van der Waals surface area contributed by atoms with Crippen LogP contribution in [-0.2, 0) is 4.79 Å². The Morgan fingerprint density at radius 3 is 2.50 bits per heavy atom. The van der Waals surface area contributed by atoms with E-state index in [0.717, 1.165) is 0 Å². The summed E-state index contributed by atoms with van der Waals surface area (Å²) in [5, 5.41) is 5.55. The molecule has 2 rings (SSSR count). The van der Waals surface area contributed by atoms with E-state index in [1.54, 1.807) is 30.3 Å². The van der Waals surface area contributed by atoms with E-state index in [2.05, 4.69) is 26.6 Å². The number of hydrogen-bond acceptors (Lipinski definition) is 3. The molecule has 1 aromatic carbocycles. The topological polar surface area (TPSA) is 71.3 Å². The lowest BCUT2D eigenvalue weighted by Gasteiger charge is -2.08. The van der Waals surface area contributed by atoms with E-state index in [1.165, 1.54) is 6.92 Å². The quantitative estimate of drug-likeness (QED) is 0.875. The van der Waals surface area contributed by atoms with Crippen molar-refractivity contribution in [2.24, 2.45) is 0 Å². The predicted octanol–water partition coefficient (Wildman–Crippen LogP) is 3.91. The Morgan fingerprint density at radius 2 is 1.95 bits per heavy atom. The summed E-state index contributed by atoms with van der Waals surface area (Å²) >= 11 is 9.13. The van der Waals surface area contributed by atoms with Crippen molar-refractivity contribution >= 4 is 50.7 Å². The fraction of sp³-hybridized carbons (Fsp3) is 0.0769. The van der Waals surface area contributed by atoms with Crippen LogP contribution in [0.5, 0.6) is 0 Å². The summed E-state index contributed by atoms with van der Waals surface area (Å²) in [6.45, 7) is 1.39. The monoisotopic (exact) mass is 356 g/mol. The second-order valence-electron chi connectivity index (χ2n) is 3.93. The van der Waals surface area contributed by atoms with Gasteiger partial charge in [-0.3, -0.25) is 9.59 Å². The number of rotatable bonds is 3. The number of carbonyl (C=O) groups excluding carboxylic acids is 2. The van der Waals surface area contributed by atoms with Gasteiger partial charge in [0.2, 0.25) is 5.91 Å². The largest absolute Gasteiger partial charge is 0.444 e. The molecule has 2 amide bonds. The third kappa shape index (κ3) is 3.61. The lowest BCUT2D eigenvalue weighted by molar-refractivity contribution is -0.114. The van der Waals surface area contributed by atoms with Gasteiger partial charge in [-0.05, 0) is 46.3 Å². The zero-order valence-corrected chi connectivity index (χ0v) is 12.7. The van der Waals surface area contributed by atoms with Crippen molar-refractivity contribution in [1.82, 2.24) is 0 Å². The van der Waals surface area contributed by atoms with Crippen LogP contribution in [0.1, 0.15) is 17.5 Å². The molecule has 0 radical (unpaired) electrons. The van der Waals surface area contributed by atoms with Crippen molar-refractivity contribution in [3.63, 3.8) is 0 Å². The minimum atomic E-state index is -0.390. The summed E-state index contributed by atoms with van der Waals surface area (Å²) in [7, 11) is 0. The highest BCUT2D eigenvalue weighted by atomic mass is 79.9. The van der Waals surface area contributed by atoms with Crippen molar-refractivity contribution in [3.05, 3.63) is 45.8 Å². The molecule has 1 aromatic heterocycles. The van der Waals surface area contributed by atoms with Crippen LogP contribution in [0.25, 0.3) is 0 Å². The Kier molecular flexibility index (Phi) is 4.46. The van der Waals surface area contributed by atoms with Crippen LogP contribution < -0.4 is 10.6 Å². The SMILES string of the molecule is CC(=O)Nc1ccc(NC(=O)c2ccc(Br)o2)cc1Cl. The predicted molar refractivity (Wildman–Crippen MR) is 80.1 cm³/mol. The van der Waals surface area contributed by atoms with Crippen molar-refractivity contribution in [2.45, 2.75) is 6.92 Å². The smallest absolute Gasteiger partial charge is 0.291 e. The third-order valence-corrected chi connectivity index (χ3v) is 3.07. The van der Waals surface area contributed by atoms with Gasteiger partial charge in [-0.2, -0.15) is 0 Å². The summed E-state index contributed by atoms with van der Waals surface area (Å²) in [6, 6.07) is 7.96. The highest BCUT2D eigenvalue weighted by molar-refractivity contribution is 9.10. The van der Waals surface area contributed by atoms with Gasteiger partial charge in [0.1, 0.15) is 0 Å². The molecule has 2 aromatic rings. The highest BCUT2D eigenvalue weighted by Crippen LogP contribution is 2.26. The van der Waals surface area contributed by atoms with Crippen LogP contribution in [-0.4, -0.2) is 11.8 Å². The molecule has 0 bridgehead atoms. The lowest BCUT2D eigenvalue weighted by Crippen LogP contribution is -2.11. The summed E-state index contributed by atoms with van der Waals surface area (Å²) in [4.78, 5) is 22.8. The molecule has 0 aliphatic rings. The zero-order valence-electron chi connectivity index (χ0n) is 10.4. The first-order valence-electron chi connectivity index (χ1n) is 5.59. The minimum Gasteiger partial charge on any atom is -0.444 e. The van der Waals surface area contributed by atoms with Crippen LogP contribution >= 0.6 is 27.5 Å². The molecule has 0 aliphatic heterocycles. The Morgan fingerprint density at radius 1 is 1.20 bits per heavy atom. The van der Waals surface area contributed by atoms with Crippen LogP contribution in [0, 0.1) is 0 Å². The van der Waals surface area contributed by atoms with Gasteiger partial charge in [-0.15, -0.1) is 0 Å². The highest BCUT2D eigenvalue weighted by Gasteiger charge is 2.11. The molecular formula is C13H10BrClN2O3. The Bertz CT molecular complexity index is 669. The van der Waals surface area contributed by atoms with E-state index < -0.39 is 0 Å². The Hall–Kier alpha value is -1.79. The molecular weight excluding hydrogens is 348 g/mol. The number of benzene rings is 1. The molecule has 0 atom stereocenters. The molecule has 0 aliphatic carbocycles. The van der Waals surface area contributed by atoms with Gasteiger partial charge in [-0.1, -0.05) is 11.6 Å². The maximum atomic E-state index is 11.9. The number of furan rings is 1. The first kappa shape index (κ1) is 14.6. The van der Waals surface area contributed by atoms with Gasteiger partial charge in [0.25, 0.3) is 5.91 Å². The van der Waals surface area contributed by atoms with E-state index in [9.17, 15) is 9.59 Å². The molecule has 0 saturated heterocycles. The average molecular weight is 358 g/mol. The third-order valence-electron chi connectivity index (χ3n) is 2.33. The van der Waals surface area contributed by atoms with E-state index in [0.29, 0.717) is 21.1 Å². The van der Waals surface area contributed by atoms with E-state index in [1.807, 2.05) is 0 Å². The van der Waals surface area contributed by atoms with Gasteiger partial charge < -0.3 is 15.1 Å². The normalized spacial score (nSPS) is 10.2. The summed E-state index contributed by atoms with van der Waals surface area (Å²) in [5.74, 6) is -0.429. The van der Waals surface area contributed by atoms with Gasteiger partial charge in [-0.25, -0.2) is 0 Å². The molecule has 20 heavy (non-hydrogen) atoms. The summed E-state index contributed by atoms with van der Waals surface area (Å²) in [6.07, 6.45) is 0. The van der Waals surface area contributed by atoms with Crippen LogP contribution in [0.15, 0.2) is 39.4 Å². The first-order chi connectivity index (χ1) is 9.45. The standard InChI is InChI=1S/C13H10BrClN2O3/c1-7(18)16-10-3-2-8(6-9(10)15)17-13(19)11-4-5-12(14)20-11/h2-6H,1H3,(H,16,18)(H,17,19). The second kappa shape index (κ2) is 6.11. The molecule has 5 nitrogen and oxygen atoms in total. The van der Waals surface area contributed by atoms with Crippen LogP contribution in [0.3, 0.4) is 0 Å². The van der Waals surface area contributed by atoms with E-state index in [4.69, 9.17) is 16.0 Å². The number of carbonyl (C=O) groups is 2. The number of anilines is 2. The van der Waals surface area contributed by atoms with Crippen molar-refractivity contribution in [1.29, 1.82) is 0 Å². The Balaban J connectivity index is 2.12. The van der Waals surface area contributed by atoms with Gasteiger partial charge >= 0.3 is 0 Å². The van der Waals surface area contributed by atoms with Crippen molar-refractivity contribution < 1.29 is 14.0 Å². The number of hydrogen-bond donors (Lipinski definition) is 2. The molecule has 104 valence electrons. The molecule has 2 N–H and O–H groups in total. The first-order valence-corrected chi connectivity index (χ1v) is 6.76. The molecule has 7 heteroatoms. The molecule has 0 spiro atoms. The molecule has 0 saturated carbocycles. The maximum Gasteiger partial charge on any atom is 0.291 e. The molecule has 0 unspecified atom stereocenters. The number of halogens is 2. The zero-order chi connectivity index (χ0) is 14.7. The van der Waals surface area contributed by atoms with Gasteiger partial charge in [0, 0.05) is 12.6 Å². The number of nitrogens with one attached hydrogen (secondary N) is 2. The summed E-state index contributed by atoms with van der Waals surface area (Å²) in [5.41, 5.74) is 0.986. The number of amides is 2. The van der Waals surface area contributed by atoms with E-state index in [-0.39, 0.29) is 17.6 Å². The second-order valence-corrected chi connectivity index (χ2v) is 5.12. The lowest BCUT2D eigenvalue weighted by atomic mass is 10.2. The average Bonchev–Trinajstić information content (AvgIpc) is 2.79. The Labute approximate surface area is 128 Å². The fourth-order valence-electron chi connectivity index (χ4n) is 1.51.